The van der Waals surface area contributed by atoms with Crippen molar-refractivity contribution in [3.63, 3.8) is 0 Å². The Kier molecular flexibility index (Phi) is 4.42. The summed E-state index contributed by atoms with van der Waals surface area (Å²) in [6.45, 7) is 5.22. The van der Waals surface area contributed by atoms with Gasteiger partial charge in [0, 0.05) is 60.9 Å². The molecule has 108 valence electrons. The van der Waals surface area contributed by atoms with Crippen LogP contribution in [0.1, 0.15) is 6.42 Å². The zero-order chi connectivity index (χ0) is 14.7. The first kappa shape index (κ1) is 14.4. The number of terminal acetylenes is 1. The van der Waals surface area contributed by atoms with Crippen LogP contribution in [0, 0.1) is 12.3 Å². The van der Waals surface area contributed by atoms with Crippen LogP contribution in [-0.2, 0) is 0 Å². The Labute approximate surface area is 134 Å². The zero-order valence-electron chi connectivity index (χ0n) is 11.9. The summed E-state index contributed by atoms with van der Waals surface area (Å²) in [5.41, 5.74) is 2.32. The van der Waals surface area contributed by atoms with Gasteiger partial charge in [0.2, 0.25) is 0 Å². The van der Waals surface area contributed by atoms with Crippen molar-refractivity contribution in [3.05, 3.63) is 34.9 Å². The highest BCUT2D eigenvalue weighted by molar-refractivity contribution is 9.10. The van der Waals surface area contributed by atoms with Crippen LogP contribution in [0.2, 0.25) is 0 Å². The van der Waals surface area contributed by atoms with Crippen LogP contribution in [-0.4, -0.2) is 42.6 Å². The number of aromatic nitrogens is 1. The van der Waals surface area contributed by atoms with Crippen molar-refractivity contribution in [1.82, 2.24) is 9.88 Å². The van der Waals surface area contributed by atoms with Crippen LogP contribution in [0.4, 0.5) is 5.69 Å². The minimum atomic E-state index is 0.838. The summed E-state index contributed by atoms with van der Waals surface area (Å²) in [7, 11) is 0. The summed E-state index contributed by atoms with van der Waals surface area (Å²) in [4.78, 5) is 9.34. The molecule has 2 heterocycles. The standard InChI is InChI=1S/C17H18BrN3/c1-2-3-8-20-9-11-21(12-10-20)17-6-7-19-16-5-4-14(18)13-15(16)17/h1,4-7,13H,3,8-12H2. The normalized spacial score (nSPS) is 16.1. The van der Waals surface area contributed by atoms with Gasteiger partial charge in [-0.05, 0) is 24.3 Å². The highest BCUT2D eigenvalue weighted by atomic mass is 79.9. The number of nitrogens with zero attached hydrogens (tertiary/aromatic N) is 3. The molecule has 0 radical (unpaired) electrons. The molecule has 4 heteroatoms. The van der Waals surface area contributed by atoms with E-state index in [-0.39, 0.29) is 0 Å². The van der Waals surface area contributed by atoms with Crippen LogP contribution in [0.25, 0.3) is 10.9 Å². The molecule has 0 bridgehead atoms. The molecule has 0 N–H and O–H groups in total. The number of hydrogen-bond donors (Lipinski definition) is 0. The fourth-order valence-corrected chi connectivity index (χ4v) is 3.18. The van der Waals surface area contributed by atoms with Crippen LogP contribution in [0.5, 0.6) is 0 Å². The molecule has 2 aromatic rings. The maximum Gasteiger partial charge on any atom is 0.0723 e. The molecular formula is C17H18BrN3. The molecule has 0 unspecified atom stereocenters. The van der Waals surface area contributed by atoms with Crippen molar-refractivity contribution in [2.24, 2.45) is 0 Å². The number of benzene rings is 1. The van der Waals surface area contributed by atoms with Gasteiger partial charge in [-0.1, -0.05) is 15.9 Å². The summed E-state index contributed by atoms with van der Waals surface area (Å²) < 4.78 is 1.09. The smallest absolute Gasteiger partial charge is 0.0723 e. The van der Waals surface area contributed by atoms with Gasteiger partial charge in [-0.15, -0.1) is 12.3 Å². The second-order valence-corrected chi connectivity index (χ2v) is 6.19. The lowest BCUT2D eigenvalue weighted by atomic mass is 10.1. The van der Waals surface area contributed by atoms with Crippen LogP contribution >= 0.6 is 15.9 Å². The van der Waals surface area contributed by atoms with Gasteiger partial charge >= 0.3 is 0 Å². The number of anilines is 1. The Morgan fingerprint density at radius 1 is 1.19 bits per heavy atom. The molecule has 0 amide bonds. The first-order chi connectivity index (χ1) is 10.3. The van der Waals surface area contributed by atoms with Crippen LogP contribution < -0.4 is 4.90 Å². The van der Waals surface area contributed by atoms with E-state index in [0.29, 0.717) is 0 Å². The first-order valence-corrected chi connectivity index (χ1v) is 8.02. The highest BCUT2D eigenvalue weighted by Crippen LogP contribution is 2.28. The molecule has 1 saturated heterocycles. The molecule has 1 aromatic carbocycles. The Morgan fingerprint density at radius 2 is 2.00 bits per heavy atom. The van der Waals surface area contributed by atoms with Crippen molar-refractivity contribution >= 4 is 32.5 Å². The van der Waals surface area contributed by atoms with Crippen molar-refractivity contribution in [1.29, 1.82) is 0 Å². The predicted octanol–water partition coefficient (Wildman–Crippen LogP) is 3.14. The number of pyridine rings is 1. The van der Waals surface area contributed by atoms with Gasteiger partial charge in [-0.25, -0.2) is 0 Å². The summed E-state index contributed by atoms with van der Waals surface area (Å²) in [6, 6.07) is 8.37. The molecule has 3 nitrogen and oxygen atoms in total. The minimum absolute atomic E-state index is 0.838. The molecule has 1 aliphatic heterocycles. The quantitative estimate of drug-likeness (QED) is 0.798. The molecule has 3 rings (SSSR count). The van der Waals surface area contributed by atoms with Crippen molar-refractivity contribution < 1.29 is 0 Å². The zero-order valence-corrected chi connectivity index (χ0v) is 13.5. The topological polar surface area (TPSA) is 19.4 Å². The third-order valence-corrected chi connectivity index (χ3v) is 4.46. The van der Waals surface area contributed by atoms with Crippen LogP contribution in [0.15, 0.2) is 34.9 Å². The molecule has 1 aromatic heterocycles. The number of hydrogen-bond acceptors (Lipinski definition) is 3. The summed E-state index contributed by atoms with van der Waals surface area (Å²) in [6.07, 6.45) is 8.08. The van der Waals surface area contributed by atoms with E-state index in [0.717, 1.165) is 49.1 Å². The number of piperazine rings is 1. The molecular weight excluding hydrogens is 326 g/mol. The molecule has 21 heavy (non-hydrogen) atoms. The molecule has 0 saturated carbocycles. The maximum absolute atomic E-state index is 5.34. The van der Waals surface area contributed by atoms with E-state index < -0.39 is 0 Å². The lowest BCUT2D eigenvalue weighted by molar-refractivity contribution is 0.264. The molecule has 0 spiro atoms. The minimum Gasteiger partial charge on any atom is -0.368 e. The Morgan fingerprint density at radius 3 is 2.76 bits per heavy atom. The molecule has 1 aliphatic rings. The van der Waals surface area contributed by atoms with Crippen molar-refractivity contribution in [2.75, 3.05) is 37.6 Å². The number of fused-ring (bicyclic) bond motifs is 1. The van der Waals surface area contributed by atoms with E-state index in [4.69, 9.17) is 6.42 Å². The fourth-order valence-electron chi connectivity index (χ4n) is 2.81. The number of halogens is 1. The van der Waals surface area contributed by atoms with Gasteiger partial charge < -0.3 is 4.90 Å². The Balaban J connectivity index is 1.79. The van der Waals surface area contributed by atoms with E-state index in [2.05, 4.69) is 54.8 Å². The average molecular weight is 344 g/mol. The van der Waals surface area contributed by atoms with E-state index in [9.17, 15) is 0 Å². The third kappa shape index (κ3) is 3.20. The largest absolute Gasteiger partial charge is 0.368 e. The number of rotatable bonds is 3. The monoisotopic (exact) mass is 343 g/mol. The molecule has 0 aliphatic carbocycles. The summed E-state index contributed by atoms with van der Waals surface area (Å²) >= 11 is 3.56. The molecule has 1 fully saturated rings. The Hall–Kier alpha value is -1.57. The first-order valence-electron chi connectivity index (χ1n) is 7.23. The SMILES string of the molecule is C#CCCN1CCN(c2ccnc3ccc(Br)cc23)CC1. The van der Waals surface area contributed by atoms with Gasteiger partial charge in [-0.3, -0.25) is 9.88 Å². The van der Waals surface area contributed by atoms with E-state index >= 15 is 0 Å². The van der Waals surface area contributed by atoms with Crippen molar-refractivity contribution in [2.45, 2.75) is 6.42 Å². The second kappa shape index (κ2) is 6.46. The van der Waals surface area contributed by atoms with E-state index in [1.807, 2.05) is 12.3 Å². The maximum atomic E-state index is 5.34. The predicted molar refractivity (Wildman–Crippen MR) is 91.5 cm³/mol. The lowest BCUT2D eigenvalue weighted by Gasteiger charge is -2.36. The lowest BCUT2D eigenvalue weighted by Crippen LogP contribution is -2.46. The van der Waals surface area contributed by atoms with Gasteiger partial charge in [0.15, 0.2) is 0 Å². The van der Waals surface area contributed by atoms with Crippen molar-refractivity contribution in [3.8, 4) is 12.3 Å². The van der Waals surface area contributed by atoms with Gasteiger partial charge in [-0.2, -0.15) is 0 Å². The van der Waals surface area contributed by atoms with Crippen LogP contribution in [0.3, 0.4) is 0 Å². The second-order valence-electron chi connectivity index (χ2n) is 5.27. The average Bonchev–Trinajstić information content (AvgIpc) is 2.53. The fraction of sp³-hybridized carbons (Fsp3) is 0.353. The summed E-state index contributed by atoms with van der Waals surface area (Å²) in [5, 5.41) is 1.21. The van der Waals surface area contributed by atoms with Gasteiger partial charge in [0.1, 0.15) is 0 Å². The Bertz CT molecular complexity index is 669. The highest BCUT2D eigenvalue weighted by Gasteiger charge is 2.18. The third-order valence-electron chi connectivity index (χ3n) is 3.97. The molecule has 0 atom stereocenters. The summed E-state index contributed by atoms with van der Waals surface area (Å²) in [5.74, 6) is 2.72. The van der Waals surface area contributed by atoms with E-state index in [1.165, 1.54) is 11.1 Å². The van der Waals surface area contributed by atoms with Gasteiger partial charge in [0.05, 0.1) is 5.52 Å². The van der Waals surface area contributed by atoms with Gasteiger partial charge in [0.25, 0.3) is 0 Å². The van der Waals surface area contributed by atoms with E-state index in [1.54, 1.807) is 0 Å².